The molecule has 19 N–H and O–H groups in total. The molecule has 0 radical (unpaired) electrons. The third-order valence-corrected chi connectivity index (χ3v) is 8.34. The summed E-state index contributed by atoms with van der Waals surface area (Å²) in [6.45, 7) is -3.88. The number of hydrogen-bond acceptors (Lipinski definition) is 14. The molecule has 0 spiro atoms. The zero-order valence-corrected chi connectivity index (χ0v) is 35.1. The molecule has 3 atom stereocenters. The number of nitrogens with zero attached hydrogens (tertiary/aromatic N) is 1. The first-order valence-corrected chi connectivity index (χ1v) is 19.9. The number of aliphatic carboxylic acids is 1. The second-order valence-corrected chi connectivity index (χ2v) is 13.7. The van der Waals surface area contributed by atoms with E-state index >= 15 is 0 Å². The van der Waals surface area contributed by atoms with E-state index in [0.29, 0.717) is 31.4 Å². The number of carboxylic acids is 1. The number of guanidine groups is 1. The van der Waals surface area contributed by atoms with Crippen molar-refractivity contribution in [3.8, 4) is 0 Å². The summed E-state index contributed by atoms with van der Waals surface area (Å²) < 4.78 is 0. The molecule has 0 fully saturated rings. The summed E-state index contributed by atoms with van der Waals surface area (Å²) in [4.78, 5) is 138. The number of amides is 10. The van der Waals surface area contributed by atoms with E-state index in [2.05, 4.69) is 58.2 Å². The molecule has 0 heterocycles. The second kappa shape index (κ2) is 31.4. The molecule has 10 amide bonds. The third-order valence-electron chi connectivity index (χ3n) is 8.34. The largest absolute Gasteiger partial charge is 0.480 e. The van der Waals surface area contributed by atoms with Crippen molar-refractivity contribution in [1.29, 1.82) is 0 Å². The Morgan fingerprint density at radius 3 is 1.34 bits per heavy atom. The van der Waals surface area contributed by atoms with Gasteiger partial charge in [0.25, 0.3) is 0 Å². The van der Waals surface area contributed by atoms with E-state index in [1.165, 1.54) is 0 Å². The van der Waals surface area contributed by atoms with E-state index in [0.717, 1.165) is 0 Å². The summed E-state index contributed by atoms with van der Waals surface area (Å²) in [5, 5.41) is 32.1. The van der Waals surface area contributed by atoms with Crippen molar-refractivity contribution in [2.75, 3.05) is 65.4 Å². The minimum absolute atomic E-state index is 0.0198. The Balaban J connectivity index is 2.46. The Morgan fingerprint density at radius 2 is 0.922 bits per heavy atom. The Labute approximate surface area is 367 Å². The molecule has 0 unspecified atom stereocenters. The first-order chi connectivity index (χ1) is 30.4. The Hall–Kier alpha value is -7.42. The van der Waals surface area contributed by atoms with Gasteiger partial charge in [0.15, 0.2) is 5.96 Å². The zero-order chi connectivity index (χ0) is 47.9. The van der Waals surface area contributed by atoms with Gasteiger partial charge in [0.1, 0.15) is 12.1 Å². The minimum atomic E-state index is -1.24. The number of hydrogen-bond donors (Lipinski definition) is 15. The number of benzene rings is 1. The van der Waals surface area contributed by atoms with Gasteiger partial charge >= 0.3 is 5.97 Å². The number of unbranched alkanes of at least 4 members (excludes halogenated alkanes) is 1. The number of rotatable bonds is 31. The lowest BCUT2D eigenvalue weighted by atomic mass is 10.1. The van der Waals surface area contributed by atoms with Crippen molar-refractivity contribution in [3.63, 3.8) is 0 Å². The summed E-state index contributed by atoms with van der Waals surface area (Å²) >= 11 is 0. The molecule has 1 aromatic rings. The quantitative estimate of drug-likeness (QED) is 0.0187. The number of carboxylic acid groups (broad SMARTS) is 1. The highest BCUT2D eigenvalue weighted by atomic mass is 16.4. The summed E-state index contributed by atoms with van der Waals surface area (Å²) in [6.07, 6.45) is 1.86. The van der Waals surface area contributed by atoms with Gasteiger partial charge in [-0.3, -0.25) is 52.9 Å². The van der Waals surface area contributed by atoms with Gasteiger partial charge < -0.3 is 81.2 Å². The molecule has 0 bridgehead atoms. The highest BCUT2D eigenvalue weighted by Gasteiger charge is 2.23. The molecule has 1 aromatic carbocycles. The normalized spacial score (nSPS) is 11.7. The molecule has 27 nitrogen and oxygen atoms in total. The first-order valence-electron chi connectivity index (χ1n) is 19.9. The van der Waals surface area contributed by atoms with Crippen LogP contribution in [0.25, 0.3) is 0 Å². The monoisotopic (exact) mass is 905 g/mol. The van der Waals surface area contributed by atoms with Crippen LogP contribution in [-0.2, 0) is 59.2 Å². The number of carbonyl (C=O) groups excluding carboxylic acids is 10. The maximum Gasteiger partial charge on any atom is 0.326 e. The van der Waals surface area contributed by atoms with Crippen LogP contribution < -0.4 is 76.1 Å². The molecular formula is C37H59N15O12. The number of carbonyl (C=O) groups is 11. The summed E-state index contributed by atoms with van der Waals surface area (Å²) in [7, 11) is 0. The molecule has 0 aliphatic carbocycles. The lowest BCUT2D eigenvalue weighted by Gasteiger charge is -2.19. The van der Waals surface area contributed by atoms with Crippen molar-refractivity contribution in [2.24, 2.45) is 27.9 Å². The zero-order valence-electron chi connectivity index (χ0n) is 35.1. The van der Waals surface area contributed by atoms with Crippen LogP contribution in [0.15, 0.2) is 35.3 Å². The van der Waals surface area contributed by atoms with E-state index < -0.39 is 136 Å². The van der Waals surface area contributed by atoms with Crippen LogP contribution in [0, 0.1) is 0 Å². The lowest BCUT2D eigenvalue weighted by Crippen LogP contribution is -2.52. The number of nitrogens with two attached hydrogens (primary N) is 4. The fraction of sp³-hybridized carbons (Fsp3) is 0.514. The maximum atomic E-state index is 13.1. The van der Waals surface area contributed by atoms with E-state index in [9.17, 15) is 57.8 Å². The van der Waals surface area contributed by atoms with Gasteiger partial charge in [-0.15, -0.1) is 0 Å². The average Bonchev–Trinajstić information content (AvgIpc) is 3.26. The fourth-order valence-electron chi connectivity index (χ4n) is 4.99. The van der Waals surface area contributed by atoms with Gasteiger partial charge in [-0.2, -0.15) is 0 Å². The smallest absolute Gasteiger partial charge is 0.326 e. The van der Waals surface area contributed by atoms with Crippen LogP contribution in [-0.4, -0.2) is 160 Å². The van der Waals surface area contributed by atoms with Gasteiger partial charge in [-0.05, 0) is 44.2 Å². The Kier molecular flexibility index (Phi) is 26.8. The predicted octanol–water partition coefficient (Wildman–Crippen LogP) is -8.28. The second-order valence-electron chi connectivity index (χ2n) is 13.7. The Morgan fingerprint density at radius 1 is 0.516 bits per heavy atom. The van der Waals surface area contributed by atoms with E-state index in [1.807, 2.05) is 0 Å². The van der Waals surface area contributed by atoms with Gasteiger partial charge in [-0.25, -0.2) is 4.79 Å². The SMILES string of the molecule is NCCCC[C@H](NC(=O)CNC(=O)CNC(=O)CNC(=O)CNC(=O)[C@H](Cc1ccccc1)NC(=O)CNC(=O)CNC(=O)CNC(=O)CNC(=O)[C@@H](N)CCCN=C(N)N)C(=O)O. The van der Waals surface area contributed by atoms with Gasteiger partial charge in [0, 0.05) is 13.0 Å². The van der Waals surface area contributed by atoms with Gasteiger partial charge in [0.05, 0.1) is 58.4 Å². The number of nitrogens with one attached hydrogen (secondary N) is 10. The summed E-state index contributed by atoms with van der Waals surface area (Å²) in [5.41, 5.74) is 22.2. The molecule has 64 heavy (non-hydrogen) atoms. The molecule has 0 aliphatic heterocycles. The topological polar surface area (TPSA) is 445 Å². The molecular weight excluding hydrogens is 846 g/mol. The van der Waals surface area contributed by atoms with E-state index in [4.69, 9.17) is 22.9 Å². The molecule has 0 saturated carbocycles. The van der Waals surface area contributed by atoms with Crippen LogP contribution in [0.2, 0.25) is 0 Å². The van der Waals surface area contributed by atoms with Crippen LogP contribution >= 0.6 is 0 Å². The van der Waals surface area contributed by atoms with Crippen molar-refractivity contribution in [3.05, 3.63) is 35.9 Å². The van der Waals surface area contributed by atoms with Crippen LogP contribution in [0.5, 0.6) is 0 Å². The highest BCUT2D eigenvalue weighted by Crippen LogP contribution is 2.04. The third kappa shape index (κ3) is 26.7. The maximum absolute atomic E-state index is 13.1. The summed E-state index contributed by atoms with van der Waals surface area (Å²) in [6, 6.07) is 5.20. The highest BCUT2D eigenvalue weighted by molar-refractivity contribution is 5.95. The average molecular weight is 906 g/mol. The molecule has 0 saturated heterocycles. The van der Waals surface area contributed by atoms with Crippen molar-refractivity contribution >= 4 is 71.0 Å². The van der Waals surface area contributed by atoms with E-state index in [-0.39, 0.29) is 31.8 Å². The van der Waals surface area contributed by atoms with Crippen molar-refractivity contribution in [2.45, 2.75) is 56.7 Å². The number of aliphatic imine (C=N–C) groups is 1. The van der Waals surface area contributed by atoms with Crippen LogP contribution in [0.3, 0.4) is 0 Å². The van der Waals surface area contributed by atoms with Gasteiger partial charge in [-0.1, -0.05) is 30.3 Å². The fourth-order valence-corrected chi connectivity index (χ4v) is 4.99. The van der Waals surface area contributed by atoms with Crippen LogP contribution in [0.4, 0.5) is 0 Å². The molecule has 354 valence electrons. The standard InChI is InChI=1S/C37H59N15O12/c38-11-5-4-10-24(36(63)64)51-32(59)20-47-28(55)16-43-27(54)15-46-31(58)19-50-35(62)25(13-22-7-2-1-3-8-22)52-33(60)21-48-29(56)17-44-26(53)14-45-30(57)18-49-34(61)23(39)9-6-12-42-37(40)41/h1-3,7-8,23-25H,4-6,9-21,38-39H2,(H,43,54)(H,44,53)(H,45,57)(H,46,58)(H,47,55)(H,48,56)(H,49,61)(H,50,62)(H,51,59)(H,52,60)(H,63,64)(H4,40,41,42)/t23-,24-,25-/m0/s1. The van der Waals surface area contributed by atoms with Crippen LogP contribution in [0.1, 0.15) is 37.7 Å². The summed E-state index contributed by atoms with van der Waals surface area (Å²) in [5.74, 6) is -8.90. The van der Waals surface area contributed by atoms with Crippen molar-refractivity contribution in [1.82, 2.24) is 53.2 Å². The lowest BCUT2D eigenvalue weighted by molar-refractivity contribution is -0.142. The van der Waals surface area contributed by atoms with Crippen molar-refractivity contribution < 1.29 is 57.8 Å². The molecule has 1 rings (SSSR count). The van der Waals surface area contributed by atoms with Gasteiger partial charge in [0.2, 0.25) is 59.1 Å². The molecule has 0 aliphatic rings. The Bertz CT molecular complexity index is 1790. The molecule has 27 heteroatoms. The molecule has 0 aromatic heterocycles. The minimum Gasteiger partial charge on any atom is -0.480 e. The predicted molar refractivity (Wildman–Crippen MR) is 227 cm³/mol. The first kappa shape index (κ1) is 54.6. The van der Waals surface area contributed by atoms with E-state index in [1.54, 1.807) is 30.3 Å².